The van der Waals surface area contributed by atoms with Crippen molar-refractivity contribution >= 4 is 54.5 Å². The zero-order valence-electron chi connectivity index (χ0n) is 27.8. The van der Waals surface area contributed by atoms with Crippen molar-refractivity contribution in [1.29, 1.82) is 0 Å². The van der Waals surface area contributed by atoms with Crippen molar-refractivity contribution in [3.63, 3.8) is 0 Å². The first kappa shape index (κ1) is 27.4. The zero-order chi connectivity index (χ0) is 33.2. The van der Waals surface area contributed by atoms with E-state index in [1.807, 2.05) is 0 Å². The molecule has 3 heterocycles. The summed E-state index contributed by atoms with van der Waals surface area (Å²) >= 11 is 0. The largest absolute Gasteiger partial charge is 0.307 e. The van der Waals surface area contributed by atoms with Gasteiger partial charge < -0.3 is 4.57 Å². The van der Waals surface area contributed by atoms with Gasteiger partial charge in [0.15, 0.2) is 0 Å². The molecule has 1 atom stereocenters. The van der Waals surface area contributed by atoms with Gasteiger partial charge in [-0.1, -0.05) is 103 Å². The average Bonchev–Trinajstić information content (AvgIpc) is 3.57. The third-order valence-corrected chi connectivity index (χ3v) is 11.7. The van der Waals surface area contributed by atoms with Gasteiger partial charge in [-0.3, -0.25) is 4.57 Å². The summed E-state index contributed by atoms with van der Waals surface area (Å²) in [6.07, 6.45) is 4.23. The Labute approximate surface area is 294 Å². The van der Waals surface area contributed by atoms with Crippen LogP contribution in [0.5, 0.6) is 0 Å². The number of nitrogens with zero attached hydrogens (tertiary/aromatic N) is 3. The van der Waals surface area contributed by atoms with Gasteiger partial charge in [0.1, 0.15) is 5.65 Å². The molecule has 0 N–H and O–H groups in total. The molecule has 238 valence electrons. The Morgan fingerprint density at radius 2 is 1.18 bits per heavy atom. The van der Waals surface area contributed by atoms with E-state index in [0.29, 0.717) is 5.92 Å². The first-order valence-corrected chi connectivity index (χ1v) is 18.0. The number of hydrogen-bond acceptors (Lipinski definition) is 1. The number of rotatable bonds is 2. The smallest absolute Gasteiger partial charge is 0.145 e. The molecule has 10 aromatic rings. The van der Waals surface area contributed by atoms with Gasteiger partial charge in [0.2, 0.25) is 0 Å². The highest BCUT2D eigenvalue weighted by atomic mass is 15.1. The van der Waals surface area contributed by atoms with E-state index >= 15 is 0 Å². The molecule has 0 radical (unpaired) electrons. The number of hydrogen-bond donors (Lipinski definition) is 0. The summed E-state index contributed by atoms with van der Waals surface area (Å²) in [6, 6.07) is 56.1. The highest BCUT2D eigenvalue weighted by Crippen LogP contribution is 2.54. The first-order chi connectivity index (χ1) is 25.3. The molecule has 51 heavy (non-hydrogen) atoms. The molecule has 0 amide bonds. The summed E-state index contributed by atoms with van der Waals surface area (Å²) in [5, 5.41) is 7.51. The van der Waals surface area contributed by atoms with Crippen LogP contribution in [0.15, 0.2) is 158 Å². The molecule has 3 aromatic heterocycles. The van der Waals surface area contributed by atoms with Crippen molar-refractivity contribution in [3.05, 3.63) is 175 Å². The van der Waals surface area contributed by atoms with E-state index < -0.39 is 0 Å². The van der Waals surface area contributed by atoms with Gasteiger partial charge in [-0.25, -0.2) is 4.98 Å². The Bertz CT molecular complexity index is 3090. The van der Waals surface area contributed by atoms with Crippen molar-refractivity contribution in [2.45, 2.75) is 18.8 Å². The van der Waals surface area contributed by atoms with Crippen molar-refractivity contribution in [1.82, 2.24) is 14.1 Å². The molecule has 7 aromatic carbocycles. The van der Waals surface area contributed by atoms with Gasteiger partial charge in [0.25, 0.3) is 0 Å². The molecule has 0 fully saturated rings. The molecule has 0 spiro atoms. The van der Waals surface area contributed by atoms with Crippen LogP contribution in [0.3, 0.4) is 0 Å². The fourth-order valence-corrected chi connectivity index (χ4v) is 9.59. The third kappa shape index (κ3) is 3.65. The lowest BCUT2D eigenvalue weighted by molar-refractivity contribution is 0.737. The van der Waals surface area contributed by atoms with Gasteiger partial charge in [0.05, 0.1) is 28.4 Å². The molecule has 0 aliphatic heterocycles. The molecular weight excluding hydrogens is 619 g/mol. The predicted molar refractivity (Wildman–Crippen MR) is 211 cm³/mol. The second-order valence-electron chi connectivity index (χ2n) is 14.2. The highest BCUT2D eigenvalue weighted by Gasteiger charge is 2.34. The van der Waals surface area contributed by atoms with Crippen LogP contribution in [0.1, 0.15) is 29.0 Å². The molecular formula is C48H31N3. The normalized spacial score (nSPS) is 14.7. The Kier molecular flexibility index (Phi) is 5.40. The third-order valence-electron chi connectivity index (χ3n) is 11.7. The molecule has 12 rings (SSSR count). The summed E-state index contributed by atoms with van der Waals surface area (Å²) in [5.41, 5.74) is 16.7. The summed E-state index contributed by atoms with van der Waals surface area (Å²) in [7, 11) is 0. The molecule has 2 aliphatic rings. The second kappa shape index (κ2) is 10.1. The SMILES string of the molecule is c1ccc(-n2c3ccccc3c3cc(-n4c5ccccc5c5cc6c7c(c54)-c4cc5ccccc5cc4C(CC7)c4ccccc4-6)cnc32)cc1. The number of aromatic nitrogens is 3. The first-order valence-electron chi connectivity index (χ1n) is 18.0. The van der Waals surface area contributed by atoms with E-state index in [9.17, 15) is 0 Å². The Hall–Kier alpha value is -6.45. The fourth-order valence-electron chi connectivity index (χ4n) is 9.59. The highest BCUT2D eigenvalue weighted by molar-refractivity contribution is 6.18. The monoisotopic (exact) mass is 649 g/mol. The van der Waals surface area contributed by atoms with Crippen LogP contribution >= 0.6 is 0 Å². The van der Waals surface area contributed by atoms with Gasteiger partial charge in [-0.15, -0.1) is 0 Å². The van der Waals surface area contributed by atoms with Crippen LogP contribution in [0, 0.1) is 0 Å². The van der Waals surface area contributed by atoms with Gasteiger partial charge in [0, 0.05) is 38.7 Å². The lowest BCUT2D eigenvalue weighted by atomic mass is 9.79. The molecule has 3 nitrogen and oxygen atoms in total. The fraction of sp³-hybridized carbons (Fsp3) is 0.0625. The summed E-state index contributed by atoms with van der Waals surface area (Å²) in [6.45, 7) is 0. The quantitative estimate of drug-likeness (QED) is 0.183. The molecule has 0 saturated heterocycles. The number of benzene rings is 7. The van der Waals surface area contributed by atoms with E-state index in [1.54, 1.807) is 0 Å². The molecule has 1 unspecified atom stereocenters. The van der Waals surface area contributed by atoms with Crippen LogP contribution in [0.25, 0.3) is 88.1 Å². The van der Waals surface area contributed by atoms with Crippen LogP contribution in [0.2, 0.25) is 0 Å². The summed E-state index contributed by atoms with van der Waals surface area (Å²) < 4.78 is 4.81. The van der Waals surface area contributed by atoms with E-state index in [0.717, 1.165) is 40.8 Å². The van der Waals surface area contributed by atoms with Crippen molar-refractivity contribution in [2.75, 3.05) is 0 Å². The topological polar surface area (TPSA) is 22.8 Å². The second-order valence-corrected chi connectivity index (χ2v) is 14.2. The minimum absolute atomic E-state index is 0.334. The van der Waals surface area contributed by atoms with Crippen LogP contribution < -0.4 is 0 Å². The van der Waals surface area contributed by atoms with E-state index in [2.05, 4.69) is 167 Å². The lowest BCUT2D eigenvalue weighted by Crippen LogP contribution is -2.05. The lowest BCUT2D eigenvalue weighted by Gasteiger charge is -2.25. The minimum Gasteiger partial charge on any atom is -0.307 e. The Morgan fingerprint density at radius 1 is 0.490 bits per heavy atom. The standard InChI is InChI=1S/C48H31N3/c1-2-14-31(15-3-1)51-45-21-11-9-19-37(45)43-26-32(28-49-48(43)51)50-44-20-10-8-18-36(44)42-27-40-34-17-7-6-16-33(34)35-22-23-38(40)46(47(42)50)41-25-30-13-5-4-12-29(30)24-39(35)41/h1-21,24-28,35H,22-23H2. The van der Waals surface area contributed by atoms with Crippen LogP contribution in [0.4, 0.5) is 0 Å². The van der Waals surface area contributed by atoms with Crippen molar-refractivity contribution in [2.24, 2.45) is 0 Å². The predicted octanol–water partition coefficient (Wildman–Crippen LogP) is 12.2. The van der Waals surface area contributed by atoms with Crippen molar-refractivity contribution in [3.8, 4) is 33.6 Å². The van der Waals surface area contributed by atoms with Gasteiger partial charge >= 0.3 is 0 Å². The van der Waals surface area contributed by atoms with Crippen molar-refractivity contribution < 1.29 is 0 Å². The van der Waals surface area contributed by atoms with Gasteiger partial charge in [-0.2, -0.15) is 0 Å². The van der Waals surface area contributed by atoms with Crippen LogP contribution in [-0.2, 0) is 6.42 Å². The Balaban J connectivity index is 1.25. The zero-order valence-corrected chi connectivity index (χ0v) is 27.8. The number of fused-ring (bicyclic) bond motifs is 16. The van der Waals surface area contributed by atoms with E-state index in [-0.39, 0.29) is 0 Å². The van der Waals surface area contributed by atoms with Gasteiger partial charge in [-0.05, 0) is 106 Å². The number of para-hydroxylation sites is 3. The Morgan fingerprint density at radius 3 is 2.02 bits per heavy atom. The molecule has 0 saturated carbocycles. The van der Waals surface area contributed by atoms with E-state index in [1.165, 1.54) is 76.9 Å². The maximum atomic E-state index is 5.29. The molecule has 3 heteroatoms. The minimum atomic E-state index is 0.334. The summed E-state index contributed by atoms with van der Waals surface area (Å²) in [5.74, 6) is 0.334. The molecule has 2 bridgehead atoms. The maximum absolute atomic E-state index is 5.29. The molecule has 2 aliphatic carbocycles. The average molecular weight is 650 g/mol. The van der Waals surface area contributed by atoms with E-state index in [4.69, 9.17) is 4.98 Å². The van der Waals surface area contributed by atoms with Crippen LogP contribution in [-0.4, -0.2) is 14.1 Å². The number of pyridine rings is 1. The summed E-state index contributed by atoms with van der Waals surface area (Å²) in [4.78, 5) is 5.29. The maximum Gasteiger partial charge on any atom is 0.145 e.